The molecule has 4 aliphatic heterocycles. The Balaban J connectivity index is 1.04. The number of hydrogen-bond donors (Lipinski definition) is 12. The minimum absolute atomic E-state index is 0.0403. The summed E-state index contributed by atoms with van der Waals surface area (Å²) in [6, 6.07) is 0. The second-order valence-electron chi connectivity index (χ2n) is 19.4. The molecule has 4 saturated heterocycles. The highest BCUT2D eigenvalue weighted by Gasteiger charge is 2.58. The standard InChI is InChI=1S/C44H72O23/c1-17-40(67-30(48)9-6-18-4-7-20(46)8-5-18)36(54)39(57)42(61-17)60-16-29-33(51)35(53)38(56)44(66-29)64-27-14-22-23(62-41(27)19-10-25(58-2)31(49)26(11-19)59-3)12-21(47)13-24(22)63-43-37(55)34(52)32(50)28(15-45)65-43/h6,9,17-29,31-47,49-57H,4-5,7-8,10-16H2,1-3H3/p+1. The fraction of sp³-hybridized carbons (Fsp3) is 0.932. The van der Waals surface area contributed by atoms with Crippen molar-refractivity contribution in [3.63, 3.8) is 0 Å². The molecule has 0 amide bonds. The number of ether oxygens (including phenoxy) is 10. The molecule has 23 unspecified atom stereocenters. The largest absolute Gasteiger partial charge is 0.454 e. The number of esters is 1. The zero-order valence-electron chi connectivity index (χ0n) is 37.9. The Morgan fingerprint density at radius 2 is 1.19 bits per heavy atom. The van der Waals surface area contributed by atoms with Gasteiger partial charge in [-0.1, -0.05) is 6.08 Å². The summed E-state index contributed by atoms with van der Waals surface area (Å²) in [5.74, 6) is -1.59. The summed E-state index contributed by atoms with van der Waals surface area (Å²) in [5.41, 5.74) is 0. The molecule has 7 rings (SSSR count). The summed E-state index contributed by atoms with van der Waals surface area (Å²) >= 11 is 0. The lowest BCUT2D eigenvalue weighted by Crippen LogP contribution is -2.65. The Hall–Kier alpha value is -1.63. The maximum absolute atomic E-state index is 12.7. The molecule has 0 radical (unpaired) electrons. The number of aliphatic hydroxyl groups is 14. The summed E-state index contributed by atoms with van der Waals surface area (Å²) in [4.78, 5) is 12.7. The van der Waals surface area contributed by atoms with Gasteiger partial charge in [0.25, 0.3) is 0 Å². The molecular formula is C44H73O23+. The van der Waals surface area contributed by atoms with Crippen LogP contribution in [0, 0.1) is 17.8 Å². The lowest BCUT2D eigenvalue weighted by atomic mass is 9.72. The van der Waals surface area contributed by atoms with Crippen molar-refractivity contribution in [1.29, 1.82) is 0 Å². The smallest absolute Gasteiger partial charge is 0.330 e. The van der Waals surface area contributed by atoms with Crippen molar-refractivity contribution in [2.24, 2.45) is 17.8 Å². The quantitative estimate of drug-likeness (QED) is 0.0441. The topological polar surface area (TPSA) is 356 Å². The van der Waals surface area contributed by atoms with Crippen molar-refractivity contribution < 1.29 is 113 Å². The van der Waals surface area contributed by atoms with Gasteiger partial charge in [-0.25, -0.2) is 4.79 Å². The number of aliphatic hydroxyl groups excluding tert-OH is 12. The van der Waals surface area contributed by atoms with Crippen LogP contribution in [0.1, 0.15) is 64.7 Å². The minimum atomic E-state index is -1.84. The van der Waals surface area contributed by atoms with Crippen molar-refractivity contribution in [2.45, 2.75) is 212 Å². The van der Waals surface area contributed by atoms with Crippen LogP contribution >= 0.6 is 0 Å². The molecule has 3 saturated carbocycles. The lowest BCUT2D eigenvalue weighted by Gasteiger charge is -2.50. The number of hydrogen-bond acceptors (Lipinski definition) is 22. The van der Waals surface area contributed by atoms with Crippen molar-refractivity contribution in [2.75, 3.05) is 27.4 Å². The number of allylic oxidation sites excluding steroid dienone is 1. The van der Waals surface area contributed by atoms with E-state index in [1.54, 1.807) is 6.08 Å². The lowest BCUT2D eigenvalue weighted by molar-refractivity contribution is -0.371. The Kier molecular flexibility index (Phi) is 18.5. The fourth-order valence-corrected chi connectivity index (χ4v) is 11.0. The third-order valence-corrected chi connectivity index (χ3v) is 15.0. The molecule has 3 aliphatic carbocycles. The second kappa shape index (κ2) is 23.3. The van der Waals surface area contributed by atoms with Crippen LogP contribution in [0.5, 0.6) is 0 Å². The molecule has 0 spiro atoms. The zero-order chi connectivity index (χ0) is 48.4. The maximum atomic E-state index is 12.7. The van der Waals surface area contributed by atoms with Gasteiger partial charge in [-0.3, -0.25) is 0 Å². The molecule has 23 atom stereocenters. The van der Waals surface area contributed by atoms with Crippen LogP contribution in [-0.2, 0) is 47.4 Å². The highest BCUT2D eigenvalue weighted by molar-refractivity contribution is 5.82. The zero-order valence-corrected chi connectivity index (χ0v) is 37.9. The van der Waals surface area contributed by atoms with E-state index in [0.717, 1.165) is 0 Å². The van der Waals surface area contributed by atoms with Crippen molar-refractivity contribution in [3.05, 3.63) is 12.2 Å². The van der Waals surface area contributed by atoms with Gasteiger partial charge in [-0.05, 0) is 57.8 Å². The third-order valence-electron chi connectivity index (χ3n) is 15.0. The first-order valence-electron chi connectivity index (χ1n) is 23.6. The average Bonchev–Trinajstić information content (AvgIpc) is 3.31. The molecule has 67 heavy (non-hydrogen) atoms. The van der Waals surface area contributed by atoms with Crippen molar-refractivity contribution in [3.8, 4) is 0 Å². The molecule has 0 aromatic carbocycles. The number of methoxy groups -OCH3 is 2. The summed E-state index contributed by atoms with van der Waals surface area (Å²) in [6.45, 7) is 0.260. The van der Waals surface area contributed by atoms with Crippen LogP contribution in [0.4, 0.5) is 0 Å². The molecule has 0 aromatic heterocycles. The first-order chi connectivity index (χ1) is 31.9. The first kappa shape index (κ1) is 53.2. The monoisotopic (exact) mass is 969 g/mol. The number of carbonyl (C=O) groups excluding carboxylic acids is 1. The van der Waals surface area contributed by atoms with Gasteiger partial charge in [0.2, 0.25) is 0 Å². The van der Waals surface area contributed by atoms with E-state index in [1.165, 1.54) is 27.2 Å². The predicted octanol–water partition coefficient (Wildman–Crippen LogP) is -4.89. The maximum Gasteiger partial charge on any atom is 0.330 e. The molecule has 23 nitrogen and oxygen atoms in total. The van der Waals surface area contributed by atoms with Crippen molar-refractivity contribution >= 4 is 5.97 Å². The van der Waals surface area contributed by atoms with E-state index in [1.807, 2.05) is 0 Å². The number of fused-ring (bicyclic) bond motifs is 1. The molecule has 13 N–H and O–H groups in total. The Morgan fingerprint density at radius 3 is 1.81 bits per heavy atom. The van der Waals surface area contributed by atoms with Gasteiger partial charge in [-0.15, -0.1) is 0 Å². The first-order valence-corrected chi connectivity index (χ1v) is 23.6. The Bertz CT molecular complexity index is 1570. The summed E-state index contributed by atoms with van der Waals surface area (Å²) < 4.78 is 58.0. The number of rotatable bonds is 14. The van der Waals surface area contributed by atoms with Gasteiger partial charge in [0.15, 0.2) is 37.2 Å². The van der Waals surface area contributed by atoms with Gasteiger partial charge in [-0.2, -0.15) is 0 Å². The highest BCUT2D eigenvalue weighted by atomic mass is 16.7. The second-order valence-corrected chi connectivity index (χ2v) is 19.4. The SMILES string of the molecule is COC1CC(C2[OH+]C3CC(O)CC(OC4OC(CO)C(O)C(O)C4O)C3CC2OC2OC(COC3OC(C)C(OC(=O)C=CC4CCC(O)CC4)C(O)C3O)C(O)C(O)C2O)CC(OC)C1O. The van der Waals surface area contributed by atoms with Gasteiger partial charge in [0.05, 0.1) is 55.8 Å². The third kappa shape index (κ3) is 12.0. The molecular weight excluding hydrogens is 896 g/mol. The number of carbonyl (C=O) groups is 1. The van der Waals surface area contributed by atoms with E-state index in [4.69, 9.17) is 47.4 Å². The molecule has 0 aromatic rings. The van der Waals surface area contributed by atoms with Crippen LogP contribution in [-0.4, -0.2) is 246 Å². The summed E-state index contributed by atoms with van der Waals surface area (Å²) in [5, 5.41) is 129. The summed E-state index contributed by atoms with van der Waals surface area (Å²) in [6.07, 6.45) is -23.5. The van der Waals surface area contributed by atoms with Crippen LogP contribution in [0.2, 0.25) is 0 Å². The Morgan fingerprint density at radius 1 is 0.612 bits per heavy atom. The van der Waals surface area contributed by atoms with Gasteiger partial charge < -0.3 is 109 Å². The predicted molar refractivity (Wildman–Crippen MR) is 223 cm³/mol. The van der Waals surface area contributed by atoms with E-state index in [2.05, 4.69) is 0 Å². The average molecular weight is 970 g/mol. The summed E-state index contributed by atoms with van der Waals surface area (Å²) in [7, 11) is 2.92. The van der Waals surface area contributed by atoms with E-state index in [-0.39, 0.29) is 37.2 Å². The van der Waals surface area contributed by atoms with E-state index >= 15 is 0 Å². The molecule has 4 heterocycles. The highest BCUT2D eigenvalue weighted by Crippen LogP contribution is 2.44. The van der Waals surface area contributed by atoms with Crippen LogP contribution < -0.4 is 0 Å². The fourth-order valence-electron chi connectivity index (χ4n) is 11.0. The van der Waals surface area contributed by atoms with Crippen molar-refractivity contribution in [1.82, 2.24) is 0 Å². The Labute approximate surface area is 388 Å². The van der Waals surface area contributed by atoms with Gasteiger partial charge >= 0.3 is 5.97 Å². The molecule has 23 heteroatoms. The van der Waals surface area contributed by atoms with Crippen LogP contribution in [0.15, 0.2) is 12.2 Å². The van der Waals surface area contributed by atoms with Gasteiger partial charge in [0, 0.05) is 39.1 Å². The molecule has 386 valence electrons. The molecule has 7 fully saturated rings. The minimum Gasteiger partial charge on any atom is -0.454 e. The van der Waals surface area contributed by atoms with E-state index in [9.17, 15) is 66.1 Å². The normalized spacial score (nSPS) is 51.0. The van der Waals surface area contributed by atoms with Crippen LogP contribution in [0.25, 0.3) is 0 Å². The van der Waals surface area contributed by atoms with Gasteiger partial charge in [0.1, 0.15) is 73.2 Å². The molecule has 7 aliphatic rings. The molecule has 0 bridgehead atoms. The van der Waals surface area contributed by atoms with Crippen LogP contribution in [0.3, 0.4) is 0 Å². The van der Waals surface area contributed by atoms with E-state index in [0.29, 0.717) is 38.5 Å². The van der Waals surface area contributed by atoms with E-state index < -0.39 is 166 Å².